The maximum atomic E-state index is 14.8. The lowest BCUT2D eigenvalue weighted by Gasteiger charge is -2.37. The van der Waals surface area contributed by atoms with Crippen molar-refractivity contribution in [3.63, 3.8) is 0 Å². The number of aromatic nitrogens is 2. The average Bonchev–Trinajstić information content (AvgIpc) is 4.19. The molecule has 13 rings (SSSR count). The highest BCUT2D eigenvalue weighted by Gasteiger charge is 2.41. The molecule has 3 heterocycles. The van der Waals surface area contributed by atoms with E-state index in [2.05, 4.69) is 30.3 Å². The molecular weight excluding hydrogens is 1030 g/mol. The summed E-state index contributed by atoms with van der Waals surface area (Å²) in [6.07, 6.45) is -10.4. The molecule has 4 bridgehead atoms. The van der Waals surface area contributed by atoms with E-state index in [9.17, 15) is 52.7 Å². The molecule has 1 aliphatic rings. The van der Waals surface area contributed by atoms with Crippen molar-refractivity contribution >= 4 is 43.6 Å². The molecule has 0 unspecified atom stereocenters. The van der Waals surface area contributed by atoms with E-state index in [-0.39, 0.29) is 22.9 Å². The van der Waals surface area contributed by atoms with Crippen molar-refractivity contribution in [3.8, 4) is 75.1 Å². The Bertz CT molecular complexity index is 4850. The molecule has 0 atom stereocenters. The van der Waals surface area contributed by atoms with Crippen molar-refractivity contribution in [1.29, 1.82) is 26.3 Å². The topological polar surface area (TPSA) is 129 Å². The fourth-order valence-corrected chi connectivity index (χ4v) is 11.9. The number of benzene rings is 10. The fourth-order valence-electron chi connectivity index (χ4n) is 11.9. The first kappa shape index (κ1) is 49.4. The third-order valence-electron chi connectivity index (χ3n) is 15.5. The minimum atomic E-state index is -5.21. The van der Waals surface area contributed by atoms with Crippen LogP contribution in [0, 0.1) is 56.7 Å². The maximum absolute atomic E-state index is 14.8. The van der Waals surface area contributed by atoms with Crippen LogP contribution >= 0.6 is 0 Å². The Morgan fingerprint density at radius 2 is 0.691 bits per heavy atom. The van der Waals surface area contributed by atoms with Gasteiger partial charge < -0.3 is 9.13 Å². The van der Waals surface area contributed by atoms with Crippen LogP contribution in [0.3, 0.4) is 0 Å². The van der Waals surface area contributed by atoms with Gasteiger partial charge in [0, 0.05) is 27.1 Å². The lowest BCUT2D eigenvalue weighted by Crippen LogP contribution is -2.31. The minimum absolute atomic E-state index is 0.0576. The highest BCUT2D eigenvalue weighted by Crippen LogP contribution is 2.51. The van der Waals surface area contributed by atoms with Crippen LogP contribution in [0.2, 0.25) is 0 Å². The first-order valence-electron chi connectivity index (χ1n) is 25.2. The summed E-state index contributed by atoms with van der Waals surface area (Å²) in [6, 6.07) is 67.6. The molecule has 10 aromatic carbocycles. The molecule has 0 saturated carbocycles. The largest absolute Gasteiger partial charge is 0.416 e. The van der Waals surface area contributed by atoms with Gasteiger partial charge in [-0.1, -0.05) is 97.1 Å². The number of rotatable bonds is 5. The molecular formula is C68H33F6N7. The van der Waals surface area contributed by atoms with Crippen LogP contribution in [-0.4, -0.2) is 9.13 Å². The summed E-state index contributed by atoms with van der Waals surface area (Å²) < 4.78 is 92.6. The van der Waals surface area contributed by atoms with Gasteiger partial charge in [0.2, 0.25) is 0 Å². The molecule has 81 heavy (non-hydrogen) atoms. The summed E-state index contributed by atoms with van der Waals surface area (Å²) in [6.45, 7) is 0. The summed E-state index contributed by atoms with van der Waals surface area (Å²) in [5, 5.41) is 55.1. The van der Waals surface area contributed by atoms with Gasteiger partial charge in [-0.15, -0.1) is 0 Å². The van der Waals surface area contributed by atoms with Crippen molar-refractivity contribution in [2.75, 3.05) is 0 Å². The molecule has 0 saturated heterocycles. The fraction of sp³-hybridized carbons (Fsp3) is 0.0441. The van der Waals surface area contributed by atoms with Crippen LogP contribution < -0.4 is 0 Å². The zero-order valence-electron chi connectivity index (χ0n) is 42.0. The number of fused-ring (bicyclic) bond motifs is 11. The van der Waals surface area contributed by atoms with Gasteiger partial charge in [-0.3, -0.25) is 0 Å². The van der Waals surface area contributed by atoms with Crippen molar-refractivity contribution in [2.24, 2.45) is 0 Å². The Kier molecular flexibility index (Phi) is 11.1. The molecule has 13 heteroatoms. The number of nitrogens with zero attached hydrogens (tertiary/aromatic N) is 7. The van der Waals surface area contributed by atoms with E-state index in [1.807, 2.05) is 118 Å². The average molecular weight is 1060 g/mol. The molecule has 7 nitrogen and oxygen atoms in total. The third-order valence-corrected chi connectivity index (χ3v) is 15.5. The van der Waals surface area contributed by atoms with Crippen molar-refractivity contribution in [1.82, 2.24) is 9.13 Å². The molecule has 1 aliphatic heterocycles. The second kappa shape index (κ2) is 18.2. The molecule has 12 aromatic rings. The summed E-state index contributed by atoms with van der Waals surface area (Å²) in [5.41, 5.74) is 4.45. The van der Waals surface area contributed by atoms with E-state index in [1.54, 1.807) is 60.7 Å². The van der Waals surface area contributed by atoms with E-state index in [0.717, 1.165) is 10.8 Å². The first-order valence-corrected chi connectivity index (χ1v) is 25.2. The number of hydrogen-bond donors (Lipinski definition) is 0. The van der Waals surface area contributed by atoms with Crippen LogP contribution in [0.1, 0.15) is 61.2 Å². The third kappa shape index (κ3) is 7.78. The number of halogens is 6. The van der Waals surface area contributed by atoms with Crippen molar-refractivity contribution in [2.45, 2.75) is 17.8 Å². The Labute approximate surface area is 457 Å². The number of nitriles is 5. The van der Waals surface area contributed by atoms with E-state index < -0.39 is 34.5 Å². The Morgan fingerprint density at radius 3 is 1.11 bits per heavy atom. The molecule has 0 amide bonds. The minimum Gasteiger partial charge on any atom is -0.307 e. The molecule has 0 N–H and O–H groups in total. The molecule has 0 fully saturated rings. The van der Waals surface area contributed by atoms with Crippen LogP contribution in [0.4, 0.5) is 26.3 Å². The van der Waals surface area contributed by atoms with Crippen LogP contribution in [0.15, 0.2) is 200 Å². The maximum Gasteiger partial charge on any atom is 0.416 e. The monoisotopic (exact) mass is 1060 g/mol. The first-order chi connectivity index (χ1) is 39.1. The number of alkyl halides is 6. The molecule has 0 spiro atoms. The van der Waals surface area contributed by atoms with Gasteiger partial charge >= 0.3 is 12.4 Å². The van der Waals surface area contributed by atoms with E-state index in [4.69, 9.17) is 0 Å². The summed E-state index contributed by atoms with van der Waals surface area (Å²) in [7, 11) is 0. The zero-order chi connectivity index (χ0) is 56.1. The van der Waals surface area contributed by atoms with Gasteiger partial charge in [-0.05, 0) is 153 Å². The quantitative estimate of drug-likeness (QED) is 0.159. The van der Waals surface area contributed by atoms with Crippen LogP contribution in [0.25, 0.3) is 88.4 Å². The highest BCUT2D eigenvalue weighted by molar-refractivity contribution is 6.13. The Morgan fingerprint density at radius 1 is 0.321 bits per heavy atom. The predicted molar refractivity (Wildman–Crippen MR) is 297 cm³/mol. The Hall–Kier alpha value is -11.2. The van der Waals surface area contributed by atoms with E-state index >= 15 is 0 Å². The van der Waals surface area contributed by atoms with Gasteiger partial charge in [0.25, 0.3) is 0 Å². The number of hydrogen-bond acceptors (Lipinski definition) is 5. The van der Waals surface area contributed by atoms with Gasteiger partial charge in [-0.2, -0.15) is 52.7 Å². The molecule has 382 valence electrons. The lowest BCUT2D eigenvalue weighted by molar-refractivity contribution is -0.143. The normalized spacial score (nSPS) is 12.6. The standard InChI is InChI=1S/C68H33F6N7/c69-67(70,71)53-25-47(26-54(30-53)68(72,73)74)59-33-65-64(29-48(59)38-79)80-60-27-45(43-9-1-5-39(21-43)34-75)13-17-55(60)57-19-15-51(31-62(57)80)66(49-11-3-7-41(23-49)36-77,50-12-4-8-42(24-50)37-78)52-16-20-58-56-18-14-46(28-61(56)81(65)63(58)32-52)44-10-2-6-40(22-44)35-76/h1-33H. The van der Waals surface area contributed by atoms with Gasteiger partial charge in [-0.25, -0.2) is 0 Å². The van der Waals surface area contributed by atoms with Gasteiger partial charge in [0.05, 0.1) is 108 Å². The molecule has 2 aromatic heterocycles. The summed E-state index contributed by atoms with van der Waals surface area (Å²) >= 11 is 0. The van der Waals surface area contributed by atoms with Crippen LogP contribution in [0.5, 0.6) is 0 Å². The van der Waals surface area contributed by atoms with Crippen molar-refractivity contribution in [3.05, 3.63) is 261 Å². The van der Waals surface area contributed by atoms with Crippen molar-refractivity contribution < 1.29 is 26.3 Å². The van der Waals surface area contributed by atoms with E-state index in [1.165, 1.54) is 12.1 Å². The second-order valence-electron chi connectivity index (χ2n) is 19.9. The van der Waals surface area contributed by atoms with Gasteiger partial charge in [0.15, 0.2) is 0 Å². The summed E-state index contributed by atoms with van der Waals surface area (Å²) in [5.74, 6) is 0. The Balaban J connectivity index is 1.28. The highest BCUT2D eigenvalue weighted by atomic mass is 19.4. The second-order valence-corrected chi connectivity index (χ2v) is 19.9. The van der Waals surface area contributed by atoms with Crippen LogP contribution in [-0.2, 0) is 17.8 Å². The lowest BCUT2D eigenvalue weighted by atomic mass is 9.64. The zero-order valence-corrected chi connectivity index (χ0v) is 42.0. The molecule has 0 radical (unpaired) electrons. The summed E-state index contributed by atoms with van der Waals surface area (Å²) in [4.78, 5) is 0. The smallest absolute Gasteiger partial charge is 0.307 e. The molecule has 0 aliphatic carbocycles. The predicted octanol–water partition coefficient (Wildman–Crippen LogP) is 17.0. The SMILES string of the molecule is N#Cc1cccc(-c2ccc3c4ccc5cc4n(c3c2)-c2cc(C#N)c(-c3cc(C(F)(F)F)cc(C(F)(F)F)c3)cc2-n2c3cc(-c4cccc(C#N)c4)ccc3c3ccc(cc32)C5(c2cccc(C#N)c2)c2cccc(C#N)c2)c1. The van der Waals surface area contributed by atoms with Gasteiger partial charge in [0.1, 0.15) is 0 Å². The van der Waals surface area contributed by atoms with E-state index in [0.29, 0.717) is 117 Å².